The second-order valence-electron chi connectivity index (χ2n) is 3.06. The Kier molecular flexibility index (Phi) is 3.12. The maximum atomic E-state index is 12.7. The summed E-state index contributed by atoms with van der Waals surface area (Å²) in [6, 6.07) is 9.68. The van der Waals surface area contributed by atoms with Gasteiger partial charge in [0.05, 0.1) is 4.83 Å². The molecule has 0 radical (unpaired) electrons. The van der Waals surface area contributed by atoms with Crippen LogP contribution in [0.15, 0.2) is 40.8 Å². The molecule has 0 saturated carbocycles. The lowest BCUT2D eigenvalue weighted by Gasteiger charge is -2.06. The molecule has 4 heteroatoms. The molecule has 0 bridgehead atoms. The van der Waals surface area contributed by atoms with Crippen molar-refractivity contribution in [2.75, 3.05) is 0 Å². The van der Waals surface area contributed by atoms with Gasteiger partial charge < -0.3 is 4.42 Å². The van der Waals surface area contributed by atoms with Gasteiger partial charge in [0.1, 0.15) is 11.6 Å². The van der Waals surface area contributed by atoms with Crippen molar-refractivity contribution in [1.82, 2.24) is 0 Å². The zero-order valence-electron chi connectivity index (χ0n) is 7.58. The summed E-state index contributed by atoms with van der Waals surface area (Å²) < 4.78 is 18.0. The number of alkyl halides is 1. The summed E-state index contributed by atoms with van der Waals surface area (Å²) >= 11 is 9.13. The highest BCUT2D eigenvalue weighted by Crippen LogP contribution is 2.32. The average Bonchev–Trinajstić information content (AvgIpc) is 2.65. The molecule has 0 aliphatic carbocycles. The van der Waals surface area contributed by atoms with Crippen molar-refractivity contribution < 1.29 is 8.81 Å². The van der Waals surface area contributed by atoms with Crippen LogP contribution in [0.3, 0.4) is 0 Å². The van der Waals surface area contributed by atoms with E-state index < -0.39 is 0 Å². The van der Waals surface area contributed by atoms with Gasteiger partial charge in [-0.15, -0.1) is 0 Å². The second kappa shape index (κ2) is 4.37. The summed E-state index contributed by atoms with van der Waals surface area (Å²) in [5.74, 6) is 0.447. The van der Waals surface area contributed by atoms with E-state index in [1.54, 1.807) is 24.3 Å². The van der Waals surface area contributed by atoms with E-state index in [-0.39, 0.29) is 10.6 Å². The first-order valence-corrected chi connectivity index (χ1v) is 5.61. The molecule has 0 saturated heterocycles. The van der Waals surface area contributed by atoms with Gasteiger partial charge in [-0.25, -0.2) is 4.39 Å². The summed E-state index contributed by atoms with van der Waals surface area (Å²) in [6.07, 6.45) is 0. The minimum absolute atomic E-state index is 0.106. The number of hydrogen-bond acceptors (Lipinski definition) is 1. The van der Waals surface area contributed by atoms with Crippen LogP contribution in [0.5, 0.6) is 0 Å². The summed E-state index contributed by atoms with van der Waals surface area (Å²) in [7, 11) is 0. The molecular formula is C11H7BrClFO. The average molecular weight is 290 g/mol. The van der Waals surface area contributed by atoms with Crippen LogP contribution in [0.4, 0.5) is 4.39 Å². The Morgan fingerprint density at radius 2 is 1.80 bits per heavy atom. The number of rotatable bonds is 2. The van der Waals surface area contributed by atoms with Gasteiger partial charge in [-0.1, -0.05) is 28.1 Å². The number of furan rings is 1. The SMILES string of the molecule is Fc1ccc(C(Br)c2ccc(Cl)o2)cc1. The predicted molar refractivity (Wildman–Crippen MR) is 60.9 cm³/mol. The third-order valence-electron chi connectivity index (χ3n) is 2.01. The molecular weight excluding hydrogens is 282 g/mol. The Morgan fingerprint density at radius 3 is 2.33 bits per heavy atom. The van der Waals surface area contributed by atoms with Crippen molar-refractivity contribution in [3.8, 4) is 0 Å². The topological polar surface area (TPSA) is 13.1 Å². The van der Waals surface area contributed by atoms with E-state index in [9.17, 15) is 4.39 Å². The molecule has 0 N–H and O–H groups in total. The van der Waals surface area contributed by atoms with Crippen molar-refractivity contribution in [1.29, 1.82) is 0 Å². The van der Waals surface area contributed by atoms with Crippen molar-refractivity contribution in [2.24, 2.45) is 0 Å². The first-order valence-electron chi connectivity index (χ1n) is 4.31. The minimum Gasteiger partial charge on any atom is -0.448 e. The predicted octanol–water partition coefficient (Wildman–Crippen LogP) is 4.56. The fourth-order valence-corrected chi connectivity index (χ4v) is 1.96. The van der Waals surface area contributed by atoms with Gasteiger partial charge in [0.2, 0.25) is 0 Å². The monoisotopic (exact) mass is 288 g/mol. The summed E-state index contributed by atoms with van der Waals surface area (Å²) in [4.78, 5) is -0.106. The highest BCUT2D eigenvalue weighted by atomic mass is 79.9. The van der Waals surface area contributed by atoms with Crippen LogP contribution in [0.25, 0.3) is 0 Å². The van der Waals surface area contributed by atoms with Crippen molar-refractivity contribution in [3.63, 3.8) is 0 Å². The number of hydrogen-bond donors (Lipinski definition) is 0. The Labute approximate surface area is 100.0 Å². The van der Waals surface area contributed by atoms with E-state index in [1.165, 1.54) is 12.1 Å². The van der Waals surface area contributed by atoms with Gasteiger partial charge in [-0.05, 0) is 41.4 Å². The Balaban J connectivity index is 2.28. The van der Waals surface area contributed by atoms with Gasteiger partial charge in [-0.2, -0.15) is 0 Å². The fourth-order valence-electron chi connectivity index (χ4n) is 1.26. The standard InChI is InChI=1S/C11H7BrClFO/c12-11(9-5-6-10(13)15-9)7-1-3-8(14)4-2-7/h1-6,11H. The zero-order chi connectivity index (χ0) is 10.8. The summed E-state index contributed by atoms with van der Waals surface area (Å²) in [6.45, 7) is 0. The smallest absolute Gasteiger partial charge is 0.193 e. The van der Waals surface area contributed by atoms with Gasteiger partial charge in [0.25, 0.3) is 0 Å². The fraction of sp³-hybridized carbons (Fsp3) is 0.0909. The van der Waals surface area contributed by atoms with Gasteiger partial charge in [0.15, 0.2) is 5.22 Å². The summed E-state index contributed by atoms with van der Waals surface area (Å²) in [5.41, 5.74) is 0.919. The van der Waals surface area contributed by atoms with Gasteiger partial charge >= 0.3 is 0 Å². The maximum Gasteiger partial charge on any atom is 0.193 e. The molecule has 1 nitrogen and oxygen atoms in total. The number of halogens is 3. The molecule has 0 aliphatic rings. The molecule has 15 heavy (non-hydrogen) atoms. The second-order valence-corrected chi connectivity index (χ2v) is 4.34. The maximum absolute atomic E-state index is 12.7. The van der Waals surface area contributed by atoms with Crippen molar-refractivity contribution in [2.45, 2.75) is 4.83 Å². The van der Waals surface area contributed by atoms with Crippen LogP contribution in [0.1, 0.15) is 16.2 Å². The van der Waals surface area contributed by atoms with Crippen LogP contribution in [0.2, 0.25) is 5.22 Å². The highest BCUT2D eigenvalue weighted by Gasteiger charge is 2.13. The van der Waals surface area contributed by atoms with Crippen LogP contribution < -0.4 is 0 Å². The molecule has 1 unspecified atom stereocenters. The zero-order valence-corrected chi connectivity index (χ0v) is 9.93. The summed E-state index contributed by atoms with van der Waals surface area (Å²) in [5, 5.41) is 0.344. The molecule has 0 fully saturated rings. The third-order valence-corrected chi connectivity index (χ3v) is 3.19. The van der Waals surface area contributed by atoms with Crippen LogP contribution in [-0.2, 0) is 0 Å². The molecule has 2 rings (SSSR count). The first-order chi connectivity index (χ1) is 7.16. The number of benzene rings is 1. The van der Waals surface area contributed by atoms with Crippen molar-refractivity contribution >= 4 is 27.5 Å². The molecule has 1 heterocycles. The highest BCUT2D eigenvalue weighted by molar-refractivity contribution is 9.09. The normalized spacial score (nSPS) is 12.7. The minimum atomic E-state index is -0.254. The molecule has 0 aliphatic heterocycles. The van der Waals surface area contributed by atoms with Crippen LogP contribution >= 0.6 is 27.5 Å². The molecule has 78 valence electrons. The van der Waals surface area contributed by atoms with Gasteiger partial charge in [0, 0.05) is 0 Å². The molecule has 0 spiro atoms. The first kappa shape index (κ1) is 10.7. The third kappa shape index (κ3) is 2.41. The van der Waals surface area contributed by atoms with E-state index in [2.05, 4.69) is 15.9 Å². The molecule has 2 aromatic rings. The lowest BCUT2D eigenvalue weighted by molar-refractivity contribution is 0.521. The molecule has 1 aromatic carbocycles. The molecule has 1 atom stereocenters. The van der Waals surface area contributed by atoms with E-state index in [0.29, 0.717) is 11.0 Å². The lowest BCUT2D eigenvalue weighted by Crippen LogP contribution is -1.90. The Hall–Kier alpha value is -0.800. The van der Waals surface area contributed by atoms with E-state index in [0.717, 1.165) is 5.56 Å². The Bertz CT molecular complexity index is 452. The van der Waals surface area contributed by atoms with E-state index in [4.69, 9.17) is 16.0 Å². The van der Waals surface area contributed by atoms with Crippen LogP contribution in [0, 0.1) is 5.82 Å². The van der Waals surface area contributed by atoms with E-state index >= 15 is 0 Å². The molecule has 0 amide bonds. The quantitative estimate of drug-likeness (QED) is 0.739. The van der Waals surface area contributed by atoms with Gasteiger partial charge in [-0.3, -0.25) is 0 Å². The Morgan fingerprint density at radius 1 is 1.13 bits per heavy atom. The van der Waals surface area contributed by atoms with E-state index in [1.807, 2.05) is 0 Å². The lowest BCUT2D eigenvalue weighted by atomic mass is 10.1. The molecule has 1 aromatic heterocycles. The largest absolute Gasteiger partial charge is 0.448 e. The van der Waals surface area contributed by atoms with Crippen LogP contribution in [-0.4, -0.2) is 0 Å². The van der Waals surface area contributed by atoms with Crippen molar-refractivity contribution in [3.05, 3.63) is 58.8 Å².